The van der Waals surface area contributed by atoms with Gasteiger partial charge in [-0.05, 0) is 70.5 Å². The Morgan fingerprint density at radius 2 is 1.63 bits per heavy atom. The summed E-state index contributed by atoms with van der Waals surface area (Å²) in [5.74, 6) is 0.925. The van der Waals surface area contributed by atoms with E-state index in [4.69, 9.17) is 11.6 Å². The van der Waals surface area contributed by atoms with Gasteiger partial charge in [-0.1, -0.05) is 60.1 Å². The molecule has 2 bridgehead atoms. The summed E-state index contributed by atoms with van der Waals surface area (Å²) in [6.45, 7) is 1.97. The lowest BCUT2D eigenvalue weighted by atomic mass is 9.53. The Bertz CT molecular complexity index is 1320. The van der Waals surface area contributed by atoms with Crippen molar-refractivity contribution in [3.05, 3.63) is 125 Å². The molecule has 35 heavy (non-hydrogen) atoms. The normalized spacial score (nSPS) is 31.2. The van der Waals surface area contributed by atoms with Gasteiger partial charge in [0.25, 0.3) is 0 Å². The molecule has 8 rings (SSSR count). The molecule has 174 valence electrons. The van der Waals surface area contributed by atoms with Gasteiger partial charge in [-0.15, -0.1) is 0 Å². The molecule has 0 N–H and O–H groups in total. The SMILES string of the molecule is Clc1ccc(C2[C@H]3CN(Cc4cccnc4)[C@H](c4ccccc4)C34CC2(c2cccnc2)C4)cn1. The van der Waals surface area contributed by atoms with Crippen LogP contribution in [0.1, 0.15) is 47.1 Å². The minimum atomic E-state index is 0.0991. The minimum absolute atomic E-state index is 0.0991. The van der Waals surface area contributed by atoms with Gasteiger partial charge >= 0.3 is 0 Å². The maximum absolute atomic E-state index is 6.21. The minimum Gasteiger partial charge on any atom is -0.291 e. The molecular weight excluding hydrogens is 452 g/mol. The van der Waals surface area contributed by atoms with Crippen molar-refractivity contribution in [3.63, 3.8) is 0 Å². The van der Waals surface area contributed by atoms with E-state index >= 15 is 0 Å². The van der Waals surface area contributed by atoms with Crippen molar-refractivity contribution < 1.29 is 0 Å². The number of pyridine rings is 3. The van der Waals surface area contributed by atoms with Crippen LogP contribution >= 0.6 is 11.6 Å². The van der Waals surface area contributed by atoms with Crippen molar-refractivity contribution in [2.24, 2.45) is 11.3 Å². The fourth-order valence-corrected chi connectivity index (χ4v) is 8.06. The molecule has 3 aromatic heterocycles. The molecule has 0 amide bonds. The maximum atomic E-state index is 6.21. The Labute approximate surface area is 211 Å². The van der Waals surface area contributed by atoms with Gasteiger partial charge in [0, 0.05) is 55.5 Å². The van der Waals surface area contributed by atoms with Gasteiger partial charge < -0.3 is 0 Å². The monoisotopic (exact) mass is 478 g/mol. The third-order valence-corrected chi connectivity index (χ3v) is 9.16. The van der Waals surface area contributed by atoms with Crippen LogP contribution < -0.4 is 0 Å². The largest absolute Gasteiger partial charge is 0.291 e. The number of hydrogen-bond acceptors (Lipinski definition) is 4. The molecule has 4 nitrogen and oxygen atoms in total. The summed E-state index contributed by atoms with van der Waals surface area (Å²) in [6.07, 6.45) is 12.2. The van der Waals surface area contributed by atoms with Gasteiger partial charge in [0.1, 0.15) is 5.15 Å². The summed E-state index contributed by atoms with van der Waals surface area (Å²) in [4.78, 5) is 16.1. The number of nitrogens with zero attached hydrogens (tertiary/aromatic N) is 4. The molecule has 3 atom stereocenters. The third-order valence-electron chi connectivity index (χ3n) is 8.94. The number of hydrogen-bond donors (Lipinski definition) is 0. The van der Waals surface area contributed by atoms with E-state index < -0.39 is 0 Å². The summed E-state index contributed by atoms with van der Waals surface area (Å²) in [7, 11) is 0. The summed E-state index contributed by atoms with van der Waals surface area (Å²) >= 11 is 6.21. The first-order chi connectivity index (χ1) is 17.2. The van der Waals surface area contributed by atoms with E-state index in [0.29, 0.717) is 23.0 Å². The molecule has 4 heterocycles. The summed E-state index contributed by atoms with van der Waals surface area (Å²) < 4.78 is 0. The van der Waals surface area contributed by atoms with E-state index in [1.54, 1.807) is 0 Å². The Kier molecular flexibility index (Phi) is 4.83. The van der Waals surface area contributed by atoms with E-state index in [1.807, 2.05) is 36.9 Å². The fraction of sp³-hybridized carbons (Fsp3) is 0.300. The van der Waals surface area contributed by atoms with E-state index in [0.717, 1.165) is 13.1 Å². The van der Waals surface area contributed by atoms with E-state index in [1.165, 1.54) is 35.1 Å². The lowest BCUT2D eigenvalue weighted by molar-refractivity contribution is 0.0295. The first kappa shape index (κ1) is 21.2. The summed E-state index contributed by atoms with van der Waals surface area (Å²) in [6, 6.07) is 24.3. The van der Waals surface area contributed by atoms with Gasteiger partial charge in [-0.3, -0.25) is 14.9 Å². The Morgan fingerprint density at radius 3 is 2.31 bits per heavy atom. The lowest BCUT2D eigenvalue weighted by Gasteiger charge is -2.53. The molecule has 4 aliphatic rings. The molecule has 0 radical (unpaired) electrons. The quantitative estimate of drug-likeness (QED) is 0.319. The van der Waals surface area contributed by atoms with Crippen LogP contribution in [-0.4, -0.2) is 26.4 Å². The zero-order chi connectivity index (χ0) is 23.5. The zero-order valence-electron chi connectivity index (χ0n) is 19.5. The van der Waals surface area contributed by atoms with Gasteiger partial charge in [-0.25, -0.2) is 4.98 Å². The second kappa shape index (κ2) is 7.97. The van der Waals surface area contributed by atoms with E-state index in [9.17, 15) is 0 Å². The molecule has 5 heteroatoms. The maximum Gasteiger partial charge on any atom is 0.129 e. The summed E-state index contributed by atoms with van der Waals surface area (Å²) in [5.41, 5.74) is 5.69. The average Bonchev–Trinajstić information content (AvgIpc) is 3.45. The van der Waals surface area contributed by atoms with Crippen LogP contribution in [0.15, 0.2) is 97.7 Å². The number of likely N-dealkylation sites (tertiary alicyclic amines) is 1. The first-order valence-corrected chi connectivity index (χ1v) is 12.8. The fourth-order valence-electron chi connectivity index (χ4n) is 7.95. The molecule has 3 aliphatic carbocycles. The van der Waals surface area contributed by atoms with Crippen molar-refractivity contribution in [2.45, 2.75) is 36.8 Å². The molecule has 3 saturated carbocycles. The predicted molar refractivity (Wildman–Crippen MR) is 137 cm³/mol. The molecule has 4 aromatic rings. The van der Waals surface area contributed by atoms with Crippen molar-refractivity contribution in [1.29, 1.82) is 0 Å². The average molecular weight is 479 g/mol. The van der Waals surface area contributed by atoms with Crippen molar-refractivity contribution in [1.82, 2.24) is 19.9 Å². The van der Waals surface area contributed by atoms with Crippen molar-refractivity contribution >= 4 is 11.6 Å². The van der Waals surface area contributed by atoms with Crippen molar-refractivity contribution in [3.8, 4) is 0 Å². The molecule has 1 spiro atoms. The lowest BCUT2D eigenvalue weighted by Crippen LogP contribution is -2.47. The molecular formula is C30H27ClN4. The van der Waals surface area contributed by atoms with Crippen LogP contribution in [0.3, 0.4) is 0 Å². The topological polar surface area (TPSA) is 41.9 Å². The molecule has 4 fully saturated rings. The highest BCUT2D eigenvalue weighted by molar-refractivity contribution is 6.29. The van der Waals surface area contributed by atoms with Gasteiger partial charge in [0.2, 0.25) is 0 Å². The highest BCUT2D eigenvalue weighted by atomic mass is 35.5. The van der Waals surface area contributed by atoms with E-state index in [2.05, 4.69) is 80.6 Å². The van der Waals surface area contributed by atoms with E-state index in [-0.39, 0.29) is 10.8 Å². The zero-order valence-corrected chi connectivity index (χ0v) is 20.2. The highest BCUT2D eigenvalue weighted by Gasteiger charge is 2.77. The predicted octanol–water partition coefficient (Wildman–Crippen LogP) is 6.21. The standard InChI is InChI=1S/C30H27ClN4/c31-26-11-10-23(15-34-26)27-25-18-35(17-21-6-4-12-32-14-21)28(22-7-2-1-3-8-22)30(25)19-29(27,20-30)24-9-5-13-33-16-24/h1-16,25,27-28H,17-20H2/t25-,27?,28-,29?,30?/m1/s1. The Balaban J connectivity index is 1.35. The number of halogens is 1. The van der Waals surface area contributed by atoms with Crippen LogP contribution in [0.4, 0.5) is 0 Å². The van der Waals surface area contributed by atoms with Gasteiger partial charge in [0.05, 0.1) is 0 Å². The van der Waals surface area contributed by atoms with Gasteiger partial charge in [0.15, 0.2) is 0 Å². The Morgan fingerprint density at radius 1 is 0.829 bits per heavy atom. The van der Waals surface area contributed by atoms with Crippen LogP contribution in [0.25, 0.3) is 0 Å². The van der Waals surface area contributed by atoms with Crippen LogP contribution in [0, 0.1) is 11.3 Å². The second-order valence-corrected chi connectivity index (χ2v) is 11.0. The molecule has 1 unspecified atom stereocenters. The van der Waals surface area contributed by atoms with Crippen LogP contribution in [0.5, 0.6) is 0 Å². The highest BCUT2D eigenvalue weighted by Crippen LogP contribution is 2.81. The Hall–Kier alpha value is -3.08. The first-order valence-electron chi connectivity index (χ1n) is 12.4. The molecule has 1 saturated heterocycles. The molecule has 1 aromatic carbocycles. The second-order valence-electron chi connectivity index (χ2n) is 10.6. The number of aromatic nitrogens is 3. The number of rotatable bonds is 5. The van der Waals surface area contributed by atoms with Crippen LogP contribution in [-0.2, 0) is 12.0 Å². The van der Waals surface area contributed by atoms with Crippen LogP contribution in [0.2, 0.25) is 5.15 Å². The number of benzene rings is 1. The smallest absolute Gasteiger partial charge is 0.129 e. The van der Waals surface area contributed by atoms with Gasteiger partial charge in [-0.2, -0.15) is 0 Å². The summed E-state index contributed by atoms with van der Waals surface area (Å²) in [5, 5.41) is 0.552. The third kappa shape index (κ3) is 3.13. The van der Waals surface area contributed by atoms with Crippen molar-refractivity contribution in [2.75, 3.05) is 6.54 Å². The molecule has 1 aliphatic heterocycles.